The Labute approximate surface area is 209 Å². The van der Waals surface area contributed by atoms with Crippen LogP contribution >= 0.6 is 0 Å². The molecular weight excluding hydrogens is 488 g/mol. The molecule has 0 bridgehead atoms. The minimum atomic E-state index is -3.94. The number of alkyl halides is 2. The van der Waals surface area contributed by atoms with E-state index in [1.165, 1.54) is 31.0 Å². The molecule has 5 rings (SSSR count). The number of anilines is 3. The molecule has 194 valence electrons. The second-order valence-electron chi connectivity index (χ2n) is 10.4. The summed E-state index contributed by atoms with van der Waals surface area (Å²) in [5, 5.41) is 2.83. The number of benzene rings is 1. The maximum Gasteiger partial charge on any atom is 0.258 e. The van der Waals surface area contributed by atoms with Gasteiger partial charge in [0, 0.05) is 39.0 Å². The molecule has 1 unspecified atom stereocenters. The quantitative estimate of drug-likeness (QED) is 0.505. The van der Waals surface area contributed by atoms with Crippen LogP contribution in [0.5, 0.6) is 0 Å². The van der Waals surface area contributed by atoms with E-state index in [2.05, 4.69) is 15.2 Å². The zero-order valence-corrected chi connectivity index (χ0v) is 21.0. The summed E-state index contributed by atoms with van der Waals surface area (Å²) in [6.07, 6.45) is 3.99. The summed E-state index contributed by atoms with van der Waals surface area (Å²) >= 11 is 0. The van der Waals surface area contributed by atoms with Crippen molar-refractivity contribution in [2.45, 2.75) is 56.3 Å². The lowest BCUT2D eigenvalue weighted by molar-refractivity contribution is -0.0221. The molecule has 0 radical (unpaired) electrons. The zero-order chi connectivity index (χ0) is 25.7. The van der Waals surface area contributed by atoms with Crippen LogP contribution in [0, 0.1) is 17.1 Å². The number of hydrogen-bond acceptors (Lipinski definition) is 6. The molecule has 3 heterocycles. The third kappa shape index (κ3) is 5.31. The third-order valence-electron chi connectivity index (χ3n) is 7.67. The van der Waals surface area contributed by atoms with E-state index in [1.54, 1.807) is 11.0 Å². The molecule has 11 heteroatoms. The van der Waals surface area contributed by atoms with Crippen LogP contribution in [0.4, 0.5) is 26.1 Å². The van der Waals surface area contributed by atoms with Gasteiger partial charge in [0.05, 0.1) is 16.1 Å². The first kappa shape index (κ1) is 24.9. The molecule has 8 nitrogen and oxygen atoms in total. The highest BCUT2D eigenvalue weighted by molar-refractivity contribution is 7.86. The summed E-state index contributed by atoms with van der Waals surface area (Å²) in [6.45, 7) is 3.70. The standard InChI is InChI=1S/C25H31F2N5O3S/c1-17-14-21(29-22(15-17)32-12-8-25(26,27)9-13-32)30-23(33)19-3-2-18(36(28,34)35)16-20(19)31-10-6-24(4-5-24)7-11-31/h2-3,14-16H,4-13H2,1H3,(H2,28,34,35)(H,29,30,33). The van der Waals surface area contributed by atoms with E-state index in [1.807, 2.05) is 13.0 Å². The Hall–Kier alpha value is -2.79. The van der Waals surface area contributed by atoms with Crippen LogP contribution in [0.25, 0.3) is 0 Å². The van der Waals surface area contributed by atoms with E-state index < -0.39 is 21.8 Å². The number of carbonyl (C=O) groups is 1. The SMILES string of the molecule is Cc1cc(NC(=O)c2ccc(S(=N)(=O)O)cc2N2CCC3(CC2)CC3)nc(N2CCC(F)(F)CC2)c1. The number of nitrogens with one attached hydrogen (secondary N) is 2. The summed E-state index contributed by atoms with van der Waals surface area (Å²) < 4.78 is 56.6. The molecule has 1 atom stereocenters. The van der Waals surface area contributed by atoms with Gasteiger partial charge in [0.25, 0.3) is 11.8 Å². The Bertz CT molecular complexity index is 1280. The van der Waals surface area contributed by atoms with Crippen molar-refractivity contribution in [3.8, 4) is 0 Å². The number of piperidine rings is 2. The van der Waals surface area contributed by atoms with Gasteiger partial charge < -0.3 is 15.1 Å². The van der Waals surface area contributed by atoms with Crippen molar-refractivity contribution >= 4 is 33.2 Å². The number of rotatable bonds is 5. The zero-order valence-electron chi connectivity index (χ0n) is 20.2. The normalized spacial score (nSPS) is 22.2. The first-order valence-corrected chi connectivity index (χ1v) is 13.8. The van der Waals surface area contributed by atoms with Gasteiger partial charge in [-0.15, -0.1) is 0 Å². The van der Waals surface area contributed by atoms with Gasteiger partial charge in [-0.2, -0.15) is 0 Å². The topological polar surface area (TPSA) is 110 Å². The number of halogens is 2. The lowest BCUT2D eigenvalue weighted by Crippen LogP contribution is -2.39. The fourth-order valence-electron chi connectivity index (χ4n) is 5.16. The van der Waals surface area contributed by atoms with Gasteiger partial charge in [0.15, 0.2) is 10.0 Å². The van der Waals surface area contributed by atoms with Crippen LogP contribution in [0.2, 0.25) is 0 Å². The molecule has 1 aromatic carbocycles. The molecule has 3 fully saturated rings. The molecule has 1 amide bonds. The van der Waals surface area contributed by atoms with Gasteiger partial charge >= 0.3 is 0 Å². The summed E-state index contributed by atoms with van der Waals surface area (Å²) in [4.78, 5) is 21.7. The third-order valence-corrected chi connectivity index (χ3v) is 8.56. The van der Waals surface area contributed by atoms with Crippen molar-refractivity contribution in [1.29, 1.82) is 4.78 Å². The number of nitrogens with zero attached hydrogens (tertiary/aromatic N) is 3. The minimum absolute atomic E-state index is 0.0429. The van der Waals surface area contributed by atoms with E-state index in [4.69, 9.17) is 4.78 Å². The van der Waals surface area contributed by atoms with Gasteiger partial charge in [-0.25, -0.2) is 22.8 Å². The average molecular weight is 520 g/mol. The highest BCUT2D eigenvalue weighted by atomic mass is 32.2. The summed E-state index contributed by atoms with van der Waals surface area (Å²) in [5.74, 6) is -2.24. The molecule has 36 heavy (non-hydrogen) atoms. The van der Waals surface area contributed by atoms with Crippen molar-refractivity contribution in [3.63, 3.8) is 0 Å². The molecular formula is C25H31F2N5O3S. The van der Waals surface area contributed by atoms with Gasteiger partial charge in [0.2, 0.25) is 0 Å². The Morgan fingerprint density at radius 1 is 1.03 bits per heavy atom. The summed E-state index contributed by atoms with van der Waals surface area (Å²) in [7, 11) is -3.94. The van der Waals surface area contributed by atoms with E-state index >= 15 is 0 Å². The first-order chi connectivity index (χ1) is 16.9. The minimum Gasteiger partial charge on any atom is -0.371 e. The molecule has 3 N–H and O–H groups in total. The van der Waals surface area contributed by atoms with Crippen molar-refractivity contribution < 1.29 is 22.3 Å². The van der Waals surface area contributed by atoms with Crippen LogP contribution in [0.15, 0.2) is 35.2 Å². The van der Waals surface area contributed by atoms with Crippen molar-refractivity contribution in [3.05, 3.63) is 41.5 Å². The summed E-state index contributed by atoms with van der Waals surface area (Å²) in [6, 6.07) is 7.82. The second kappa shape index (κ2) is 8.95. The number of hydrogen-bond donors (Lipinski definition) is 3. The Balaban J connectivity index is 1.40. The van der Waals surface area contributed by atoms with Gasteiger partial charge in [-0.05, 0) is 73.9 Å². The number of amides is 1. The fourth-order valence-corrected chi connectivity index (χ4v) is 5.68. The molecule has 1 saturated carbocycles. The van der Waals surface area contributed by atoms with Gasteiger partial charge in [0.1, 0.15) is 11.6 Å². The smallest absolute Gasteiger partial charge is 0.258 e. The largest absolute Gasteiger partial charge is 0.371 e. The number of carbonyl (C=O) groups excluding carboxylic acids is 1. The Kier molecular flexibility index (Phi) is 6.19. The predicted octanol–water partition coefficient (Wildman–Crippen LogP) is 5.14. The van der Waals surface area contributed by atoms with Crippen LogP contribution in [0.1, 0.15) is 54.4 Å². The molecule has 1 aliphatic carbocycles. The highest BCUT2D eigenvalue weighted by Gasteiger charge is 2.44. The molecule has 2 saturated heterocycles. The lowest BCUT2D eigenvalue weighted by atomic mass is 9.93. The van der Waals surface area contributed by atoms with E-state index in [-0.39, 0.29) is 30.8 Å². The van der Waals surface area contributed by atoms with Crippen LogP contribution in [0.3, 0.4) is 0 Å². The molecule has 2 aromatic rings. The maximum atomic E-state index is 13.6. The first-order valence-electron chi connectivity index (χ1n) is 12.3. The van der Waals surface area contributed by atoms with Crippen LogP contribution in [-0.4, -0.2) is 51.8 Å². The van der Waals surface area contributed by atoms with Gasteiger partial charge in [-0.3, -0.25) is 9.35 Å². The highest BCUT2D eigenvalue weighted by Crippen LogP contribution is 2.54. The van der Waals surface area contributed by atoms with Crippen molar-refractivity contribution in [2.75, 3.05) is 41.3 Å². The lowest BCUT2D eigenvalue weighted by Gasteiger charge is -2.35. The van der Waals surface area contributed by atoms with Crippen LogP contribution in [-0.2, 0) is 10.0 Å². The number of aryl methyl sites for hydroxylation is 1. The summed E-state index contributed by atoms with van der Waals surface area (Å²) in [5.41, 5.74) is 2.11. The van der Waals surface area contributed by atoms with E-state index in [0.29, 0.717) is 28.3 Å². The van der Waals surface area contributed by atoms with E-state index in [9.17, 15) is 22.3 Å². The van der Waals surface area contributed by atoms with Crippen molar-refractivity contribution in [1.82, 2.24) is 4.98 Å². The maximum absolute atomic E-state index is 13.6. The predicted molar refractivity (Wildman–Crippen MR) is 135 cm³/mol. The Morgan fingerprint density at radius 2 is 1.67 bits per heavy atom. The molecule has 2 aliphatic heterocycles. The molecule has 1 aromatic heterocycles. The fraction of sp³-hybridized carbons (Fsp3) is 0.520. The number of aromatic nitrogens is 1. The molecule has 3 aliphatic rings. The number of pyridine rings is 1. The van der Waals surface area contributed by atoms with Crippen molar-refractivity contribution in [2.24, 2.45) is 5.41 Å². The van der Waals surface area contributed by atoms with Crippen LogP contribution < -0.4 is 15.1 Å². The second-order valence-corrected chi connectivity index (χ2v) is 11.9. The monoisotopic (exact) mass is 519 g/mol. The van der Waals surface area contributed by atoms with Gasteiger partial charge in [-0.1, -0.05) is 0 Å². The molecule has 1 spiro atoms. The Morgan fingerprint density at radius 3 is 2.28 bits per heavy atom. The van der Waals surface area contributed by atoms with E-state index in [0.717, 1.165) is 31.5 Å². The average Bonchev–Trinajstić information content (AvgIpc) is 3.57.